The highest BCUT2D eigenvalue weighted by atomic mass is 35.5. The van der Waals surface area contributed by atoms with E-state index in [9.17, 15) is 4.79 Å². The lowest BCUT2D eigenvalue weighted by atomic mass is 10.00. The first-order valence-electron chi connectivity index (χ1n) is 9.57. The van der Waals surface area contributed by atoms with Gasteiger partial charge in [-0.3, -0.25) is 4.79 Å². The number of rotatable bonds is 6. The summed E-state index contributed by atoms with van der Waals surface area (Å²) in [4.78, 5) is 22.9. The number of imidazole rings is 1. The summed E-state index contributed by atoms with van der Waals surface area (Å²) < 4.78 is 5.45. The molecule has 4 aromatic rings. The van der Waals surface area contributed by atoms with Crippen LogP contribution in [0.4, 0.5) is 0 Å². The number of fused-ring (bicyclic) bond motifs is 1. The first-order valence-corrected chi connectivity index (χ1v) is 9.95. The predicted molar refractivity (Wildman–Crippen MR) is 120 cm³/mol. The Morgan fingerprint density at radius 1 is 1.07 bits per heavy atom. The van der Waals surface area contributed by atoms with Gasteiger partial charge in [-0.05, 0) is 56.1 Å². The van der Waals surface area contributed by atoms with Gasteiger partial charge in [-0.25, -0.2) is 4.98 Å². The van der Waals surface area contributed by atoms with Gasteiger partial charge < -0.3 is 14.6 Å². The molecule has 0 atom stereocenters. The molecule has 0 amide bonds. The van der Waals surface area contributed by atoms with Crippen LogP contribution in [-0.2, 0) is 6.54 Å². The van der Waals surface area contributed by atoms with Crippen LogP contribution in [0.3, 0.4) is 0 Å². The number of nitrogens with zero attached hydrogens (tertiary/aromatic N) is 2. The second-order valence-corrected chi connectivity index (χ2v) is 7.81. The molecule has 4 rings (SSSR count). The number of aromatic amines is 1. The summed E-state index contributed by atoms with van der Waals surface area (Å²) in [6.45, 7) is 0.817. The van der Waals surface area contributed by atoms with Crippen LogP contribution in [0, 0.1) is 0 Å². The standard InChI is InChI=1S/C24H22ClN3O2/c1-28(2)14-15-8-11-20-21(12-15)27-24(26-20)23(29)16-9-10-19(25)18(13-16)17-6-4-5-7-22(17)30-3/h4-13H,14H2,1-3H3,(H,26,27). The molecule has 5 nitrogen and oxygen atoms in total. The molecule has 30 heavy (non-hydrogen) atoms. The summed E-state index contributed by atoms with van der Waals surface area (Å²) in [5.74, 6) is 0.814. The van der Waals surface area contributed by atoms with Gasteiger partial charge in [-0.2, -0.15) is 0 Å². The van der Waals surface area contributed by atoms with E-state index in [2.05, 4.69) is 14.9 Å². The lowest BCUT2D eigenvalue weighted by Crippen LogP contribution is -2.10. The highest BCUT2D eigenvalue weighted by Gasteiger charge is 2.17. The molecule has 0 aliphatic rings. The molecule has 1 heterocycles. The van der Waals surface area contributed by atoms with E-state index >= 15 is 0 Å². The van der Waals surface area contributed by atoms with Crippen molar-refractivity contribution in [3.05, 3.63) is 82.6 Å². The van der Waals surface area contributed by atoms with Crippen LogP contribution in [0.5, 0.6) is 5.75 Å². The molecule has 152 valence electrons. The Morgan fingerprint density at radius 3 is 2.63 bits per heavy atom. The molecule has 0 aliphatic carbocycles. The Kier molecular flexibility index (Phi) is 5.57. The number of benzene rings is 3. The Morgan fingerprint density at radius 2 is 1.87 bits per heavy atom. The molecule has 1 aromatic heterocycles. The number of para-hydroxylation sites is 1. The number of hydrogen-bond donors (Lipinski definition) is 1. The van der Waals surface area contributed by atoms with Crippen LogP contribution < -0.4 is 4.74 Å². The SMILES string of the molecule is COc1ccccc1-c1cc(C(=O)c2nc3ccc(CN(C)C)cc3[nH]2)ccc1Cl. The van der Waals surface area contributed by atoms with E-state index in [0.717, 1.165) is 34.3 Å². The quantitative estimate of drug-likeness (QED) is 0.437. The lowest BCUT2D eigenvalue weighted by Gasteiger charge is -2.11. The zero-order chi connectivity index (χ0) is 21.3. The number of ketones is 1. The molecule has 0 unspecified atom stereocenters. The van der Waals surface area contributed by atoms with E-state index in [1.54, 1.807) is 25.3 Å². The number of carbonyl (C=O) groups excluding carboxylic acids is 1. The highest BCUT2D eigenvalue weighted by Crippen LogP contribution is 2.35. The molecule has 0 spiro atoms. The molecule has 6 heteroatoms. The van der Waals surface area contributed by atoms with Crippen molar-refractivity contribution in [1.29, 1.82) is 0 Å². The van der Waals surface area contributed by atoms with Crippen molar-refractivity contribution in [2.75, 3.05) is 21.2 Å². The Bertz CT molecular complexity index is 1230. The minimum Gasteiger partial charge on any atom is -0.496 e. The van der Waals surface area contributed by atoms with E-state index < -0.39 is 0 Å². The van der Waals surface area contributed by atoms with E-state index in [0.29, 0.717) is 22.2 Å². The van der Waals surface area contributed by atoms with Crippen molar-refractivity contribution in [3.63, 3.8) is 0 Å². The van der Waals surface area contributed by atoms with Gasteiger partial charge >= 0.3 is 0 Å². The first kappa shape index (κ1) is 20.1. The fraction of sp³-hybridized carbons (Fsp3) is 0.167. The number of carbonyl (C=O) groups is 1. The van der Waals surface area contributed by atoms with E-state index in [1.165, 1.54) is 0 Å². The molecule has 1 N–H and O–H groups in total. The van der Waals surface area contributed by atoms with Crippen LogP contribution in [-0.4, -0.2) is 41.9 Å². The average molecular weight is 420 g/mol. The number of H-pyrrole nitrogens is 1. The first-order chi connectivity index (χ1) is 14.5. The molecule has 0 aliphatic heterocycles. The maximum Gasteiger partial charge on any atom is 0.228 e. The fourth-order valence-corrected chi connectivity index (χ4v) is 3.72. The largest absolute Gasteiger partial charge is 0.496 e. The predicted octanol–water partition coefficient (Wildman–Crippen LogP) is 5.18. The van der Waals surface area contributed by atoms with E-state index in [-0.39, 0.29) is 5.78 Å². The van der Waals surface area contributed by atoms with Gasteiger partial charge in [0.2, 0.25) is 5.78 Å². The normalized spacial score (nSPS) is 11.2. The van der Waals surface area contributed by atoms with Gasteiger partial charge in [-0.1, -0.05) is 35.9 Å². The molecule has 0 fully saturated rings. The molecule has 3 aromatic carbocycles. The van der Waals surface area contributed by atoms with Crippen LogP contribution in [0.25, 0.3) is 22.2 Å². The summed E-state index contributed by atoms with van der Waals surface area (Å²) in [5.41, 5.74) is 4.84. The third kappa shape index (κ3) is 3.95. The molecule has 0 saturated carbocycles. The van der Waals surface area contributed by atoms with Crippen molar-refractivity contribution in [3.8, 4) is 16.9 Å². The molecular weight excluding hydrogens is 398 g/mol. The summed E-state index contributed by atoms with van der Waals surface area (Å²) in [5, 5.41) is 0.550. The van der Waals surface area contributed by atoms with Crippen molar-refractivity contribution in [2.45, 2.75) is 6.54 Å². The summed E-state index contributed by atoms with van der Waals surface area (Å²) in [7, 11) is 5.65. The second kappa shape index (κ2) is 8.30. The van der Waals surface area contributed by atoms with Crippen molar-refractivity contribution in [2.24, 2.45) is 0 Å². The lowest BCUT2D eigenvalue weighted by molar-refractivity contribution is 0.103. The van der Waals surface area contributed by atoms with Gasteiger partial charge in [0.1, 0.15) is 5.75 Å². The minimum atomic E-state index is -0.187. The Balaban J connectivity index is 1.71. The Hall–Kier alpha value is -3.15. The van der Waals surface area contributed by atoms with Gasteiger partial charge in [0.15, 0.2) is 5.82 Å². The second-order valence-electron chi connectivity index (χ2n) is 7.40. The van der Waals surface area contributed by atoms with Gasteiger partial charge in [0.05, 0.1) is 18.1 Å². The summed E-state index contributed by atoms with van der Waals surface area (Å²) >= 11 is 6.44. The van der Waals surface area contributed by atoms with Crippen LogP contribution in [0.1, 0.15) is 21.7 Å². The summed E-state index contributed by atoms with van der Waals surface area (Å²) in [6, 6.07) is 18.8. The fourth-order valence-electron chi connectivity index (χ4n) is 3.50. The number of halogens is 1. The van der Waals surface area contributed by atoms with Gasteiger partial charge in [0, 0.05) is 28.3 Å². The third-order valence-corrected chi connectivity index (χ3v) is 5.22. The van der Waals surface area contributed by atoms with Crippen molar-refractivity contribution in [1.82, 2.24) is 14.9 Å². The number of ether oxygens (including phenoxy) is 1. The maximum atomic E-state index is 13.2. The number of hydrogen-bond acceptors (Lipinski definition) is 4. The number of aromatic nitrogens is 2. The topological polar surface area (TPSA) is 58.2 Å². The highest BCUT2D eigenvalue weighted by molar-refractivity contribution is 6.33. The number of nitrogens with one attached hydrogen (secondary N) is 1. The Labute approximate surface area is 180 Å². The van der Waals surface area contributed by atoms with Crippen LogP contribution >= 0.6 is 11.6 Å². The molecular formula is C24H22ClN3O2. The average Bonchev–Trinajstić information content (AvgIpc) is 3.16. The molecule has 0 bridgehead atoms. The molecule has 0 radical (unpaired) electrons. The van der Waals surface area contributed by atoms with E-state index in [1.807, 2.05) is 56.6 Å². The zero-order valence-corrected chi connectivity index (χ0v) is 17.8. The van der Waals surface area contributed by atoms with Gasteiger partial charge in [-0.15, -0.1) is 0 Å². The van der Waals surface area contributed by atoms with Crippen LogP contribution in [0.15, 0.2) is 60.7 Å². The van der Waals surface area contributed by atoms with Crippen molar-refractivity contribution < 1.29 is 9.53 Å². The minimum absolute atomic E-state index is 0.187. The zero-order valence-electron chi connectivity index (χ0n) is 17.1. The van der Waals surface area contributed by atoms with E-state index in [4.69, 9.17) is 16.3 Å². The summed E-state index contributed by atoms with van der Waals surface area (Å²) in [6.07, 6.45) is 0. The third-order valence-electron chi connectivity index (χ3n) is 4.89. The van der Waals surface area contributed by atoms with Crippen molar-refractivity contribution >= 4 is 28.4 Å². The van der Waals surface area contributed by atoms with Crippen LogP contribution in [0.2, 0.25) is 5.02 Å². The van der Waals surface area contributed by atoms with Gasteiger partial charge in [0.25, 0.3) is 0 Å². The maximum absolute atomic E-state index is 13.2. The number of methoxy groups -OCH3 is 1. The smallest absolute Gasteiger partial charge is 0.228 e. The monoisotopic (exact) mass is 419 g/mol. The molecule has 0 saturated heterocycles.